The highest BCUT2D eigenvalue weighted by molar-refractivity contribution is 6.31. The van der Waals surface area contributed by atoms with E-state index in [1.165, 1.54) is 31.0 Å². The van der Waals surface area contributed by atoms with Gasteiger partial charge in [0, 0.05) is 40.6 Å². The minimum atomic E-state index is -0.199. The molecule has 0 saturated carbocycles. The lowest BCUT2D eigenvalue weighted by Gasteiger charge is -2.35. The monoisotopic (exact) mass is 434 g/mol. The molecule has 1 fully saturated rings. The number of carbonyl (C=O) groups is 1. The number of amides is 1. The van der Waals surface area contributed by atoms with Crippen LogP contribution in [0.15, 0.2) is 65.1 Å². The fourth-order valence-corrected chi connectivity index (χ4v) is 4.08. The number of piperidine rings is 1. The molecule has 1 saturated heterocycles. The number of anilines is 2. The summed E-state index contributed by atoms with van der Waals surface area (Å²) < 4.78 is 5.83. The van der Waals surface area contributed by atoms with Crippen molar-refractivity contribution in [3.63, 3.8) is 0 Å². The summed E-state index contributed by atoms with van der Waals surface area (Å²) in [5, 5.41) is 3.60. The fraction of sp³-hybridized carbons (Fsp3) is 0.269. The molecule has 1 aliphatic heterocycles. The Balaban J connectivity index is 1.36. The lowest BCUT2D eigenvalue weighted by Crippen LogP contribution is -2.37. The zero-order valence-corrected chi connectivity index (χ0v) is 18.7. The minimum Gasteiger partial charge on any atom is -0.457 e. The molecule has 0 spiro atoms. The molecule has 1 aliphatic rings. The topological polar surface area (TPSA) is 45.5 Å². The molecular weight excluding hydrogens is 408 g/mol. The summed E-state index contributed by atoms with van der Waals surface area (Å²) >= 11 is 6.20. The molecular formula is C26H27ClN2O2. The molecule has 1 amide bonds. The Hall–Kier alpha value is -2.98. The molecule has 5 heteroatoms. The number of hydrogen-bond acceptors (Lipinski definition) is 3. The number of halogens is 1. The standard InChI is InChI=1S/C26H27ClN2O2/c1-18-6-7-20(17-24(18)27)25-14-12-23(31-25)13-15-26(30)28-21-8-10-22(11-9-21)29-16-4-3-5-19(29)2/h6-15,17,19H,3-5,16H2,1-2H3,(H,28,30)/b15-13+/t19-/m1/s1. The van der Waals surface area contributed by atoms with Crippen LogP contribution in [0.5, 0.6) is 0 Å². The van der Waals surface area contributed by atoms with E-state index in [2.05, 4.69) is 29.3 Å². The minimum absolute atomic E-state index is 0.199. The number of nitrogens with one attached hydrogen (secondary N) is 1. The molecule has 160 valence electrons. The van der Waals surface area contributed by atoms with E-state index >= 15 is 0 Å². The first-order valence-electron chi connectivity index (χ1n) is 10.7. The van der Waals surface area contributed by atoms with Gasteiger partial charge in [-0.3, -0.25) is 4.79 Å². The first-order valence-corrected chi connectivity index (χ1v) is 11.1. The van der Waals surface area contributed by atoms with Gasteiger partial charge in [0.2, 0.25) is 5.91 Å². The first-order chi connectivity index (χ1) is 15.0. The molecule has 4 nitrogen and oxygen atoms in total. The van der Waals surface area contributed by atoms with Crippen molar-refractivity contribution in [2.45, 2.75) is 39.2 Å². The summed E-state index contributed by atoms with van der Waals surface area (Å²) in [4.78, 5) is 14.8. The molecule has 0 radical (unpaired) electrons. The summed E-state index contributed by atoms with van der Waals surface area (Å²) in [7, 11) is 0. The number of benzene rings is 2. The molecule has 1 atom stereocenters. The van der Waals surface area contributed by atoms with Gasteiger partial charge in [-0.2, -0.15) is 0 Å². The summed E-state index contributed by atoms with van der Waals surface area (Å²) in [5.41, 5.74) is 3.91. The second-order valence-corrected chi connectivity index (χ2v) is 8.48. The SMILES string of the molecule is Cc1ccc(-c2ccc(/C=C/C(=O)Nc3ccc(N4CCCC[C@H]4C)cc3)o2)cc1Cl. The first kappa shape index (κ1) is 21.3. The maximum absolute atomic E-state index is 12.3. The van der Waals surface area contributed by atoms with Gasteiger partial charge in [0.25, 0.3) is 0 Å². The molecule has 1 N–H and O–H groups in total. The zero-order chi connectivity index (χ0) is 21.8. The van der Waals surface area contributed by atoms with Crippen molar-refractivity contribution in [2.75, 3.05) is 16.8 Å². The van der Waals surface area contributed by atoms with Crippen molar-refractivity contribution in [3.8, 4) is 11.3 Å². The maximum Gasteiger partial charge on any atom is 0.248 e. The van der Waals surface area contributed by atoms with E-state index in [1.807, 2.05) is 49.4 Å². The highest BCUT2D eigenvalue weighted by Gasteiger charge is 2.18. The van der Waals surface area contributed by atoms with Crippen molar-refractivity contribution in [1.29, 1.82) is 0 Å². The predicted molar refractivity (Wildman–Crippen MR) is 129 cm³/mol. The lowest BCUT2D eigenvalue weighted by atomic mass is 10.0. The normalized spacial score (nSPS) is 16.6. The van der Waals surface area contributed by atoms with Crippen LogP contribution < -0.4 is 10.2 Å². The number of furan rings is 1. The van der Waals surface area contributed by atoms with Crippen molar-refractivity contribution in [3.05, 3.63) is 77.0 Å². The molecule has 31 heavy (non-hydrogen) atoms. The average Bonchev–Trinajstić information content (AvgIpc) is 3.24. The summed E-state index contributed by atoms with van der Waals surface area (Å²) in [5.74, 6) is 1.12. The van der Waals surface area contributed by atoms with Crippen LogP contribution in [0.4, 0.5) is 11.4 Å². The van der Waals surface area contributed by atoms with Gasteiger partial charge in [-0.05, 0) is 87.2 Å². The Morgan fingerprint density at radius 2 is 1.94 bits per heavy atom. The predicted octanol–water partition coefficient (Wildman–Crippen LogP) is 6.94. The third-order valence-corrected chi connectivity index (χ3v) is 6.16. The van der Waals surface area contributed by atoms with Crippen LogP contribution in [0.2, 0.25) is 5.02 Å². The summed E-state index contributed by atoms with van der Waals surface area (Å²) in [6, 6.07) is 18.1. The van der Waals surface area contributed by atoms with Crippen molar-refractivity contribution >= 4 is 35.0 Å². The number of hydrogen-bond donors (Lipinski definition) is 1. The molecule has 2 heterocycles. The van der Waals surface area contributed by atoms with E-state index in [0.29, 0.717) is 22.6 Å². The van der Waals surface area contributed by atoms with E-state index in [4.69, 9.17) is 16.0 Å². The molecule has 0 aliphatic carbocycles. The van der Waals surface area contributed by atoms with Gasteiger partial charge in [0.15, 0.2) is 0 Å². The number of nitrogens with zero attached hydrogens (tertiary/aromatic N) is 1. The highest BCUT2D eigenvalue weighted by atomic mass is 35.5. The maximum atomic E-state index is 12.3. The highest BCUT2D eigenvalue weighted by Crippen LogP contribution is 2.28. The zero-order valence-electron chi connectivity index (χ0n) is 17.9. The van der Waals surface area contributed by atoms with Gasteiger partial charge in [-0.25, -0.2) is 0 Å². The van der Waals surface area contributed by atoms with Crippen molar-refractivity contribution < 1.29 is 9.21 Å². The van der Waals surface area contributed by atoms with E-state index in [1.54, 1.807) is 6.08 Å². The van der Waals surface area contributed by atoms with Gasteiger partial charge in [0.05, 0.1) is 0 Å². The van der Waals surface area contributed by atoms with E-state index in [9.17, 15) is 4.79 Å². The fourth-order valence-electron chi connectivity index (χ4n) is 3.90. The molecule has 4 rings (SSSR count). The van der Waals surface area contributed by atoms with Gasteiger partial charge in [-0.15, -0.1) is 0 Å². The largest absolute Gasteiger partial charge is 0.457 e. The Kier molecular flexibility index (Phi) is 6.47. The Morgan fingerprint density at radius 1 is 1.13 bits per heavy atom. The molecule has 0 unspecified atom stereocenters. The second kappa shape index (κ2) is 9.44. The Labute approximate surface area is 188 Å². The smallest absolute Gasteiger partial charge is 0.248 e. The van der Waals surface area contributed by atoms with Crippen LogP contribution >= 0.6 is 11.6 Å². The van der Waals surface area contributed by atoms with Gasteiger partial charge >= 0.3 is 0 Å². The van der Waals surface area contributed by atoms with Crippen LogP contribution in [0.1, 0.15) is 37.5 Å². The van der Waals surface area contributed by atoms with Gasteiger partial charge in [0.1, 0.15) is 11.5 Å². The quantitative estimate of drug-likeness (QED) is 0.442. The third kappa shape index (κ3) is 5.20. The van der Waals surface area contributed by atoms with E-state index < -0.39 is 0 Å². The van der Waals surface area contributed by atoms with E-state index in [0.717, 1.165) is 23.4 Å². The average molecular weight is 435 g/mol. The van der Waals surface area contributed by atoms with E-state index in [-0.39, 0.29) is 5.91 Å². The second-order valence-electron chi connectivity index (χ2n) is 8.07. The third-order valence-electron chi connectivity index (χ3n) is 5.75. The Bertz CT molecular complexity index is 1090. The van der Waals surface area contributed by atoms with Crippen LogP contribution in [-0.4, -0.2) is 18.5 Å². The molecule has 0 bridgehead atoms. The van der Waals surface area contributed by atoms with Gasteiger partial charge in [-0.1, -0.05) is 23.7 Å². The van der Waals surface area contributed by atoms with Crippen LogP contribution in [0.25, 0.3) is 17.4 Å². The Morgan fingerprint density at radius 3 is 2.68 bits per heavy atom. The van der Waals surface area contributed by atoms with Crippen LogP contribution in [-0.2, 0) is 4.79 Å². The van der Waals surface area contributed by atoms with Crippen molar-refractivity contribution in [1.82, 2.24) is 0 Å². The van der Waals surface area contributed by atoms with Crippen LogP contribution in [0, 0.1) is 6.92 Å². The molecule has 3 aromatic rings. The van der Waals surface area contributed by atoms with Crippen molar-refractivity contribution in [2.24, 2.45) is 0 Å². The molecule has 2 aromatic carbocycles. The molecule has 1 aromatic heterocycles. The number of carbonyl (C=O) groups excluding carboxylic acids is 1. The lowest BCUT2D eigenvalue weighted by molar-refractivity contribution is -0.111. The number of aryl methyl sites for hydroxylation is 1. The summed E-state index contributed by atoms with van der Waals surface area (Å²) in [6.07, 6.45) is 6.91. The summed E-state index contributed by atoms with van der Waals surface area (Å²) in [6.45, 7) is 5.32. The van der Waals surface area contributed by atoms with Gasteiger partial charge < -0.3 is 14.6 Å². The van der Waals surface area contributed by atoms with Crippen LogP contribution in [0.3, 0.4) is 0 Å². The number of rotatable bonds is 5.